The first-order chi connectivity index (χ1) is 9.58. The van der Waals surface area contributed by atoms with Crippen molar-refractivity contribution in [1.29, 1.82) is 0 Å². The number of hydrogen-bond acceptors (Lipinski definition) is 5. The molecule has 1 aromatic rings. The Balaban J connectivity index is 1.76. The Morgan fingerprint density at radius 3 is 3.00 bits per heavy atom. The average Bonchev–Trinajstić information content (AvgIpc) is 2.95. The van der Waals surface area contributed by atoms with Crippen LogP contribution in [0.15, 0.2) is 21.6 Å². The Bertz CT molecular complexity index is 577. The number of rotatable bonds is 5. The Hall–Kier alpha value is -2.02. The van der Waals surface area contributed by atoms with Gasteiger partial charge >= 0.3 is 0 Å². The largest absolute Gasteiger partial charge is 0.273 e. The molecule has 7 heteroatoms. The van der Waals surface area contributed by atoms with Crippen molar-refractivity contribution >= 4 is 35.1 Å². The zero-order valence-electron chi connectivity index (χ0n) is 11.3. The van der Waals surface area contributed by atoms with E-state index in [2.05, 4.69) is 21.1 Å². The third-order valence-electron chi connectivity index (χ3n) is 3.10. The topological polar surface area (TPSA) is 82.9 Å². The maximum atomic E-state index is 11.6. The molecular weight excluding hydrogens is 276 g/mol. The van der Waals surface area contributed by atoms with E-state index in [0.717, 1.165) is 16.2 Å². The summed E-state index contributed by atoms with van der Waals surface area (Å²) in [6.07, 6.45) is 2.32. The summed E-state index contributed by atoms with van der Waals surface area (Å²) in [6, 6.07) is 1.99. The van der Waals surface area contributed by atoms with Gasteiger partial charge in [-0.3, -0.25) is 9.59 Å². The monoisotopic (exact) mass is 292 g/mol. The maximum absolute atomic E-state index is 11.6. The summed E-state index contributed by atoms with van der Waals surface area (Å²) in [5.41, 5.74) is 6.72. The lowest BCUT2D eigenvalue weighted by atomic mass is 9.99. The fourth-order valence-corrected chi connectivity index (χ4v) is 2.63. The minimum absolute atomic E-state index is 0.145. The highest BCUT2D eigenvalue weighted by Gasteiger charge is 2.26. The van der Waals surface area contributed by atoms with Crippen molar-refractivity contribution in [2.45, 2.75) is 26.7 Å². The number of aryl methyl sites for hydroxylation is 1. The SMILES string of the molecule is CC1=NNC(=O)[C@@H]1CCC(=O)N/N=C/c1sccc1C. The van der Waals surface area contributed by atoms with Gasteiger partial charge in [-0.2, -0.15) is 10.2 Å². The van der Waals surface area contributed by atoms with E-state index in [1.807, 2.05) is 18.4 Å². The zero-order valence-corrected chi connectivity index (χ0v) is 12.2. The molecule has 0 aliphatic carbocycles. The second kappa shape index (κ2) is 6.42. The van der Waals surface area contributed by atoms with Gasteiger partial charge in [0.1, 0.15) is 0 Å². The highest BCUT2D eigenvalue weighted by atomic mass is 32.1. The standard InChI is InChI=1S/C13H16N4O2S/c1-8-5-6-20-11(8)7-14-16-12(18)4-3-10-9(2)15-17-13(10)19/h5-7,10H,3-4H2,1-2H3,(H,16,18)(H,17,19)/b14-7+/t10-/m1/s1. The normalized spacial score (nSPS) is 18.2. The van der Waals surface area contributed by atoms with E-state index < -0.39 is 0 Å². The Morgan fingerprint density at radius 2 is 2.40 bits per heavy atom. The quantitative estimate of drug-likeness (QED) is 0.635. The molecule has 1 atom stereocenters. The molecular formula is C13H16N4O2S. The van der Waals surface area contributed by atoms with Crippen LogP contribution in [0.3, 0.4) is 0 Å². The van der Waals surface area contributed by atoms with Gasteiger partial charge in [0.15, 0.2) is 0 Å². The molecule has 0 fully saturated rings. The molecule has 2 rings (SSSR count). The zero-order chi connectivity index (χ0) is 14.5. The summed E-state index contributed by atoms with van der Waals surface area (Å²) in [5.74, 6) is -0.653. The summed E-state index contributed by atoms with van der Waals surface area (Å²) in [7, 11) is 0. The second-order valence-electron chi connectivity index (χ2n) is 4.58. The van der Waals surface area contributed by atoms with E-state index in [0.29, 0.717) is 6.42 Å². The van der Waals surface area contributed by atoms with Gasteiger partial charge in [-0.15, -0.1) is 11.3 Å². The van der Waals surface area contributed by atoms with E-state index in [1.54, 1.807) is 24.5 Å². The molecule has 0 bridgehead atoms. The average molecular weight is 292 g/mol. The highest BCUT2D eigenvalue weighted by molar-refractivity contribution is 7.11. The van der Waals surface area contributed by atoms with Crippen LogP contribution in [-0.4, -0.2) is 23.7 Å². The van der Waals surface area contributed by atoms with Gasteiger partial charge in [0.05, 0.1) is 12.1 Å². The molecule has 0 spiro atoms. The molecule has 1 aliphatic heterocycles. The molecule has 6 nitrogen and oxygen atoms in total. The third kappa shape index (κ3) is 3.51. The number of nitrogens with zero attached hydrogens (tertiary/aromatic N) is 2. The molecule has 0 saturated carbocycles. The van der Waals surface area contributed by atoms with E-state index in [9.17, 15) is 9.59 Å². The predicted octanol–water partition coefficient (Wildman–Crippen LogP) is 1.41. The van der Waals surface area contributed by atoms with Gasteiger partial charge < -0.3 is 0 Å². The van der Waals surface area contributed by atoms with E-state index in [1.165, 1.54) is 0 Å². The van der Waals surface area contributed by atoms with Gasteiger partial charge in [-0.1, -0.05) is 0 Å². The van der Waals surface area contributed by atoms with Crippen molar-refractivity contribution in [3.05, 3.63) is 21.9 Å². The lowest BCUT2D eigenvalue weighted by molar-refractivity contribution is -0.123. The van der Waals surface area contributed by atoms with Crippen LogP contribution in [0.25, 0.3) is 0 Å². The van der Waals surface area contributed by atoms with E-state index in [-0.39, 0.29) is 24.2 Å². The van der Waals surface area contributed by atoms with Gasteiger partial charge in [0.25, 0.3) is 0 Å². The maximum Gasteiger partial charge on any atom is 0.248 e. The molecule has 0 radical (unpaired) electrons. The second-order valence-corrected chi connectivity index (χ2v) is 5.53. The van der Waals surface area contributed by atoms with Crippen LogP contribution in [0.2, 0.25) is 0 Å². The van der Waals surface area contributed by atoms with Crippen molar-refractivity contribution in [2.24, 2.45) is 16.1 Å². The molecule has 0 aromatic carbocycles. The molecule has 1 aliphatic rings. The van der Waals surface area contributed by atoms with Gasteiger partial charge in [-0.05, 0) is 37.3 Å². The highest BCUT2D eigenvalue weighted by Crippen LogP contribution is 2.14. The fourth-order valence-electron chi connectivity index (χ4n) is 1.84. The minimum Gasteiger partial charge on any atom is -0.273 e. The molecule has 0 saturated heterocycles. The summed E-state index contributed by atoms with van der Waals surface area (Å²) < 4.78 is 0. The fraction of sp³-hybridized carbons (Fsp3) is 0.385. The third-order valence-corrected chi connectivity index (χ3v) is 4.05. The molecule has 1 aromatic heterocycles. The number of carbonyl (C=O) groups is 2. The number of hydrogen-bond donors (Lipinski definition) is 2. The van der Waals surface area contributed by atoms with Gasteiger partial charge in [0, 0.05) is 17.0 Å². The smallest absolute Gasteiger partial charge is 0.248 e. The van der Waals surface area contributed by atoms with Crippen molar-refractivity contribution in [3.63, 3.8) is 0 Å². The van der Waals surface area contributed by atoms with Crippen molar-refractivity contribution in [1.82, 2.24) is 10.9 Å². The molecule has 2 heterocycles. The van der Waals surface area contributed by atoms with Crippen molar-refractivity contribution in [2.75, 3.05) is 0 Å². The Morgan fingerprint density at radius 1 is 1.60 bits per heavy atom. The van der Waals surface area contributed by atoms with Crippen LogP contribution in [0, 0.1) is 12.8 Å². The lowest BCUT2D eigenvalue weighted by Gasteiger charge is -2.06. The molecule has 0 unspecified atom stereocenters. The number of hydrazone groups is 2. The van der Waals surface area contributed by atoms with Gasteiger partial charge in [0.2, 0.25) is 11.8 Å². The minimum atomic E-state index is -0.302. The predicted molar refractivity (Wildman–Crippen MR) is 78.8 cm³/mol. The Kier molecular flexibility index (Phi) is 4.62. The first kappa shape index (κ1) is 14.4. The van der Waals surface area contributed by atoms with E-state index in [4.69, 9.17) is 0 Å². The van der Waals surface area contributed by atoms with Crippen LogP contribution < -0.4 is 10.9 Å². The summed E-state index contributed by atoms with van der Waals surface area (Å²) in [5, 5.41) is 9.72. The number of thiophene rings is 1. The van der Waals surface area contributed by atoms with Crippen LogP contribution in [-0.2, 0) is 9.59 Å². The molecule has 2 N–H and O–H groups in total. The Labute approximate surface area is 121 Å². The van der Waals surface area contributed by atoms with Gasteiger partial charge in [-0.25, -0.2) is 10.9 Å². The first-order valence-corrected chi connectivity index (χ1v) is 7.16. The number of nitrogens with one attached hydrogen (secondary N) is 2. The van der Waals surface area contributed by atoms with Crippen LogP contribution >= 0.6 is 11.3 Å². The van der Waals surface area contributed by atoms with Crippen molar-refractivity contribution in [3.8, 4) is 0 Å². The first-order valence-electron chi connectivity index (χ1n) is 6.28. The molecule has 106 valence electrons. The summed E-state index contributed by atoms with van der Waals surface area (Å²) >= 11 is 1.57. The lowest BCUT2D eigenvalue weighted by Crippen LogP contribution is -2.25. The number of carbonyl (C=O) groups excluding carboxylic acids is 2. The van der Waals surface area contributed by atoms with Crippen LogP contribution in [0.5, 0.6) is 0 Å². The summed E-state index contributed by atoms with van der Waals surface area (Å²) in [6.45, 7) is 3.76. The summed E-state index contributed by atoms with van der Waals surface area (Å²) in [4.78, 5) is 24.1. The van der Waals surface area contributed by atoms with Crippen LogP contribution in [0.4, 0.5) is 0 Å². The molecule has 20 heavy (non-hydrogen) atoms. The van der Waals surface area contributed by atoms with Crippen molar-refractivity contribution < 1.29 is 9.59 Å². The molecule has 2 amide bonds. The van der Waals surface area contributed by atoms with E-state index >= 15 is 0 Å². The van der Waals surface area contributed by atoms with Crippen LogP contribution in [0.1, 0.15) is 30.2 Å². The number of amides is 2.